The van der Waals surface area contributed by atoms with E-state index >= 15 is 0 Å². The zero-order valence-electron chi connectivity index (χ0n) is 11.3. The van der Waals surface area contributed by atoms with Gasteiger partial charge < -0.3 is 16.0 Å². The summed E-state index contributed by atoms with van der Waals surface area (Å²) in [7, 11) is 0. The smallest absolute Gasteiger partial charge is 0.265 e. The first-order chi connectivity index (χ1) is 10.1. The summed E-state index contributed by atoms with van der Waals surface area (Å²) in [4.78, 5) is 20.3. The molecule has 0 spiro atoms. The van der Waals surface area contributed by atoms with Gasteiger partial charge in [0.2, 0.25) is 0 Å². The number of nitrogens with one attached hydrogen (secondary N) is 1. The quantitative estimate of drug-likeness (QED) is 0.846. The van der Waals surface area contributed by atoms with Crippen LogP contribution in [0.5, 0.6) is 0 Å². The van der Waals surface area contributed by atoms with Gasteiger partial charge in [-0.05, 0) is 40.9 Å². The van der Waals surface area contributed by atoms with Crippen molar-refractivity contribution in [3.05, 3.63) is 25.7 Å². The molecule has 1 saturated heterocycles. The van der Waals surface area contributed by atoms with Crippen molar-refractivity contribution in [1.29, 1.82) is 0 Å². The number of thiazole rings is 1. The number of carbonyl (C=O) groups excluding carboxylic acids is 1. The number of thiophene rings is 1. The molecular formula is C13H15BrN4OS2. The van der Waals surface area contributed by atoms with Gasteiger partial charge in [0.25, 0.3) is 5.91 Å². The van der Waals surface area contributed by atoms with Gasteiger partial charge in [0.15, 0.2) is 5.13 Å². The van der Waals surface area contributed by atoms with Gasteiger partial charge in [-0.1, -0.05) is 11.3 Å². The number of anilines is 2. The van der Waals surface area contributed by atoms with E-state index in [1.54, 1.807) is 11.3 Å². The molecule has 1 amide bonds. The number of amides is 1. The van der Waals surface area contributed by atoms with Crippen LogP contribution in [0, 0.1) is 0 Å². The SMILES string of the molecule is Nc1nc(N2CCCC2)sc1C(=O)NCc1ccc(Br)s1. The number of halogens is 1. The molecule has 0 unspecified atom stereocenters. The first kappa shape index (κ1) is 14.8. The fourth-order valence-electron chi connectivity index (χ4n) is 2.22. The van der Waals surface area contributed by atoms with E-state index in [0.717, 1.165) is 26.9 Å². The predicted molar refractivity (Wildman–Crippen MR) is 91.2 cm³/mol. The molecule has 1 fully saturated rings. The van der Waals surface area contributed by atoms with Crippen LogP contribution < -0.4 is 16.0 Å². The van der Waals surface area contributed by atoms with Crippen LogP contribution >= 0.6 is 38.6 Å². The molecule has 2 aromatic rings. The van der Waals surface area contributed by atoms with Crippen LogP contribution in [-0.4, -0.2) is 24.0 Å². The van der Waals surface area contributed by atoms with Crippen LogP contribution in [0.25, 0.3) is 0 Å². The Hall–Kier alpha value is -1.12. The Morgan fingerprint density at radius 1 is 1.38 bits per heavy atom. The summed E-state index contributed by atoms with van der Waals surface area (Å²) in [6, 6.07) is 3.96. The van der Waals surface area contributed by atoms with Crippen LogP contribution in [0.1, 0.15) is 27.4 Å². The number of carbonyl (C=O) groups is 1. The molecule has 0 saturated carbocycles. The molecule has 3 N–H and O–H groups in total. The van der Waals surface area contributed by atoms with Gasteiger partial charge in [0, 0.05) is 18.0 Å². The highest BCUT2D eigenvalue weighted by Gasteiger charge is 2.21. The standard InChI is InChI=1S/C13H15BrN4OS2/c14-9-4-3-8(20-9)7-16-12(19)10-11(15)17-13(21-10)18-5-1-2-6-18/h3-4H,1-2,5-7,15H2,(H,16,19). The summed E-state index contributed by atoms with van der Waals surface area (Å²) < 4.78 is 1.06. The van der Waals surface area contributed by atoms with E-state index in [1.807, 2.05) is 12.1 Å². The minimum Gasteiger partial charge on any atom is -0.382 e. The molecule has 3 rings (SSSR count). The lowest BCUT2D eigenvalue weighted by Crippen LogP contribution is -2.22. The van der Waals surface area contributed by atoms with Crippen molar-refractivity contribution >= 4 is 55.5 Å². The van der Waals surface area contributed by atoms with Crippen molar-refractivity contribution in [2.24, 2.45) is 0 Å². The van der Waals surface area contributed by atoms with Crippen molar-refractivity contribution in [3.8, 4) is 0 Å². The Morgan fingerprint density at radius 3 is 2.81 bits per heavy atom. The number of nitrogen functional groups attached to an aromatic ring is 1. The fraction of sp³-hybridized carbons (Fsp3) is 0.385. The summed E-state index contributed by atoms with van der Waals surface area (Å²) in [5.41, 5.74) is 5.89. The molecule has 21 heavy (non-hydrogen) atoms. The average Bonchev–Trinajstić information content (AvgIpc) is 3.16. The Labute approximate surface area is 139 Å². The van der Waals surface area contributed by atoms with Gasteiger partial charge in [-0.25, -0.2) is 4.98 Å². The maximum atomic E-state index is 12.2. The average molecular weight is 387 g/mol. The Balaban J connectivity index is 1.66. The van der Waals surface area contributed by atoms with E-state index in [9.17, 15) is 4.79 Å². The molecule has 5 nitrogen and oxygen atoms in total. The lowest BCUT2D eigenvalue weighted by molar-refractivity contribution is 0.0956. The van der Waals surface area contributed by atoms with Crippen molar-refractivity contribution in [2.75, 3.05) is 23.7 Å². The molecule has 1 aliphatic rings. The maximum Gasteiger partial charge on any atom is 0.265 e. The number of rotatable bonds is 4. The van der Waals surface area contributed by atoms with Crippen molar-refractivity contribution in [2.45, 2.75) is 19.4 Å². The molecule has 0 radical (unpaired) electrons. The Kier molecular flexibility index (Phi) is 4.46. The minimum atomic E-state index is -0.153. The molecule has 0 atom stereocenters. The largest absolute Gasteiger partial charge is 0.382 e. The molecule has 1 aliphatic heterocycles. The molecule has 112 valence electrons. The summed E-state index contributed by atoms with van der Waals surface area (Å²) in [5.74, 6) is 0.173. The zero-order valence-corrected chi connectivity index (χ0v) is 14.5. The van der Waals surface area contributed by atoms with Crippen LogP contribution in [0.4, 0.5) is 10.9 Å². The third-order valence-electron chi connectivity index (χ3n) is 3.28. The third kappa shape index (κ3) is 3.38. The number of nitrogens with zero attached hydrogens (tertiary/aromatic N) is 2. The van der Waals surface area contributed by atoms with Crippen LogP contribution in [-0.2, 0) is 6.54 Å². The van der Waals surface area contributed by atoms with E-state index in [2.05, 4.69) is 31.1 Å². The first-order valence-electron chi connectivity index (χ1n) is 6.67. The van der Waals surface area contributed by atoms with Gasteiger partial charge >= 0.3 is 0 Å². The molecule has 0 aliphatic carbocycles. The van der Waals surface area contributed by atoms with E-state index < -0.39 is 0 Å². The molecular weight excluding hydrogens is 372 g/mol. The first-order valence-corrected chi connectivity index (χ1v) is 9.10. The summed E-state index contributed by atoms with van der Waals surface area (Å²) in [5, 5.41) is 3.75. The normalized spacial score (nSPS) is 14.6. The van der Waals surface area contributed by atoms with Gasteiger partial charge in [0.1, 0.15) is 10.7 Å². The topological polar surface area (TPSA) is 71.2 Å². The Morgan fingerprint density at radius 2 is 2.14 bits per heavy atom. The fourth-order valence-corrected chi connectivity index (χ4v) is 4.60. The molecule has 8 heteroatoms. The number of hydrogen-bond acceptors (Lipinski definition) is 6. The second-order valence-electron chi connectivity index (χ2n) is 4.79. The Bertz CT molecular complexity index is 648. The van der Waals surface area contributed by atoms with Crippen molar-refractivity contribution in [3.63, 3.8) is 0 Å². The van der Waals surface area contributed by atoms with Crippen molar-refractivity contribution < 1.29 is 4.79 Å². The second-order valence-corrected chi connectivity index (χ2v) is 8.32. The minimum absolute atomic E-state index is 0.153. The number of nitrogens with two attached hydrogens (primary N) is 1. The summed E-state index contributed by atoms with van der Waals surface area (Å²) in [6.45, 7) is 2.50. The summed E-state index contributed by atoms with van der Waals surface area (Å²) in [6.07, 6.45) is 2.35. The summed E-state index contributed by atoms with van der Waals surface area (Å²) >= 11 is 6.39. The van der Waals surface area contributed by atoms with E-state index in [4.69, 9.17) is 5.73 Å². The number of aromatic nitrogens is 1. The van der Waals surface area contributed by atoms with E-state index in [-0.39, 0.29) is 5.91 Å². The van der Waals surface area contributed by atoms with Gasteiger partial charge in [-0.3, -0.25) is 4.79 Å². The highest BCUT2D eigenvalue weighted by atomic mass is 79.9. The highest BCUT2D eigenvalue weighted by molar-refractivity contribution is 9.11. The lowest BCUT2D eigenvalue weighted by atomic mass is 10.4. The second kappa shape index (κ2) is 6.33. The molecule has 2 aromatic heterocycles. The third-order valence-corrected chi connectivity index (χ3v) is 6.03. The number of hydrogen-bond donors (Lipinski definition) is 2. The van der Waals surface area contributed by atoms with Gasteiger partial charge in [-0.2, -0.15) is 0 Å². The van der Waals surface area contributed by atoms with Gasteiger partial charge in [0.05, 0.1) is 10.3 Å². The van der Waals surface area contributed by atoms with Crippen LogP contribution in [0.3, 0.4) is 0 Å². The van der Waals surface area contributed by atoms with Gasteiger partial charge in [-0.15, -0.1) is 11.3 Å². The maximum absolute atomic E-state index is 12.2. The van der Waals surface area contributed by atoms with Crippen LogP contribution in [0.15, 0.2) is 15.9 Å². The van der Waals surface area contributed by atoms with E-state index in [1.165, 1.54) is 24.2 Å². The zero-order chi connectivity index (χ0) is 14.8. The highest BCUT2D eigenvalue weighted by Crippen LogP contribution is 2.30. The molecule has 0 bridgehead atoms. The monoisotopic (exact) mass is 386 g/mol. The van der Waals surface area contributed by atoms with E-state index in [0.29, 0.717) is 17.2 Å². The van der Waals surface area contributed by atoms with Crippen LogP contribution in [0.2, 0.25) is 0 Å². The lowest BCUT2D eigenvalue weighted by Gasteiger charge is -2.11. The molecule has 3 heterocycles. The van der Waals surface area contributed by atoms with Crippen molar-refractivity contribution in [1.82, 2.24) is 10.3 Å². The predicted octanol–water partition coefficient (Wildman–Crippen LogP) is 3.08. The molecule has 0 aromatic carbocycles.